The van der Waals surface area contributed by atoms with E-state index < -0.39 is 5.91 Å². The number of carbonyl (C=O) groups excluding carboxylic acids is 1. The van der Waals surface area contributed by atoms with E-state index in [1.54, 1.807) is 30.7 Å². The second kappa shape index (κ2) is 6.70. The Kier molecular flexibility index (Phi) is 4.29. The van der Waals surface area contributed by atoms with Crippen molar-refractivity contribution in [2.24, 2.45) is 5.73 Å². The molecule has 1 aromatic carbocycles. The number of hydrogen-bond acceptors (Lipinski definition) is 5. The van der Waals surface area contributed by atoms with Gasteiger partial charge in [-0.2, -0.15) is 0 Å². The maximum Gasteiger partial charge on any atom is 0.241 e. The predicted molar refractivity (Wildman–Crippen MR) is 93.3 cm³/mol. The molecular formula is C18H15N5O. The minimum absolute atomic E-state index is 0.429. The molecule has 0 spiro atoms. The van der Waals surface area contributed by atoms with Crippen molar-refractivity contribution >= 4 is 17.8 Å². The number of nitrogens with zero attached hydrogens (tertiary/aromatic N) is 3. The van der Waals surface area contributed by atoms with Crippen molar-refractivity contribution < 1.29 is 4.79 Å². The van der Waals surface area contributed by atoms with Crippen molar-refractivity contribution in [3.63, 3.8) is 0 Å². The number of amides is 1. The van der Waals surface area contributed by atoms with Gasteiger partial charge in [-0.25, -0.2) is 15.0 Å². The van der Waals surface area contributed by atoms with Gasteiger partial charge in [-0.3, -0.25) is 4.79 Å². The number of primary amides is 1. The molecule has 2 heterocycles. The maximum absolute atomic E-state index is 11.1. The zero-order valence-electron chi connectivity index (χ0n) is 12.8. The monoisotopic (exact) mass is 317 g/mol. The van der Waals surface area contributed by atoms with Gasteiger partial charge in [0.2, 0.25) is 5.91 Å². The zero-order valence-corrected chi connectivity index (χ0v) is 12.8. The minimum atomic E-state index is -0.511. The Morgan fingerprint density at radius 1 is 1.00 bits per heavy atom. The van der Waals surface area contributed by atoms with Crippen LogP contribution in [-0.2, 0) is 4.79 Å². The van der Waals surface area contributed by atoms with Crippen LogP contribution in [0, 0.1) is 0 Å². The van der Waals surface area contributed by atoms with E-state index in [9.17, 15) is 4.79 Å². The molecule has 118 valence electrons. The van der Waals surface area contributed by atoms with Crippen LogP contribution < -0.4 is 11.5 Å². The second-order valence-electron chi connectivity index (χ2n) is 5.13. The Hall–Kier alpha value is -3.54. The number of rotatable bonds is 4. The first-order chi connectivity index (χ1) is 11.6. The Morgan fingerprint density at radius 3 is 2.50 bits per heavy atom. The average molecular weight is 317 g/mol. The maximum atomic E-state index is 11.1. The third-order valence-electron chi connectivity index (χ3n) is 3.46. The van der Waals surface area contributed by atoms with E-state index in [1.807, 2.05) is 24.3 Å². The lowest BCUT2D eigenvalue weighted by Gasteiger charge is -2.10. The van der Waals surface area contributed by atoms with Crippen LogP contribution >= 0.6 is 0 Å². The summed E-state index contributed by atoms with van der Waals surface area (Å²) in [5.74, 6) is -0.0819. The lowest BCUT2D eigenvalue weighted by Crippen LogP contribution is -2.05. The lowest BCUT2D eigenvalue weighted by atomic mass is 9.96. The molecule has 0 aliphatic heterocycles. The molecule has 1 amide bonds. The minimum Gasteiger partial charge on any atom is -0.384 e. The van der Waals surface area contributed by atoms with Crippen LogP contribution in [0.5, 0.6) is 0 Å². The summed E-state index contributed by atoms with van der Waals surface area (Å²) >= 11 is 0. The van der Waals surface area contributed by atoms with Crippen molar-refractivity contribution in [1.29, 1.82) is 0 Å². The number of benzene rings is 1. The number of pyridine rings is 1. The third-order valence-corrected chi connectivity index (χ3v) is 3.46. The molecule has 0 aliphatic carbocycles. The quantitative estimate of drug-likeness (QED) is 0.718. The summed E-state index contributed by atoms with van der Waals surface area (Å²) < 4.78 is 0. The van der Waals surface area contributed by atoms with Crippen molar-refractivity contribution in [3.05, 3.63) is 66.9 Å². The van der Waals surface area contributed by atoms with Gasteiger partial charge in [-0.15, -0.1) is 0 Å². The largest absolute Gasteiger partial charge is 0.384 e. The molecule has 0 fully saturated rings. The van der Waals surface area contributed by atoms with Gasteiger partial charge in [0.1, 0.15) is 12.1 Å². The van der Waals surface area contributed by atoms with Gasteiger partial charge >= 0.3 is 0 Å². The summed E-state index contributed by atoms with van der Waals surface area (Å²) in [6.07, 6.45) is 9.59. The van der Waals surface area contributed by atoms with Crippen LogP contribution in [-0.4, -0.2) is 20.9 Å². The standard InChI is InChI=1S/C18H15N5O/c19-17-8-14(5-6-23-17)16-3-1-12(15-9-21-11-22-10-15)7-13(16)2-4-18(20)24/h1-11H,(H2,19,23)(H2,20,24)/b4-2+. The Labute approximate surface area is 138 Å². The molecule has 6 nitrogen and oxygen atoms in total. The van der Waals surface area contributed by atoms with Crippen molar-refractivity contribution in [3.8, 4) is 22.3 Å². The fourth-order valence-corrected chi connectivity index (χ4v) is 2.38. The molecule has 0 atom stereocenters. The number of nitrogen functional groups attached to an aromatic ring is 1. The van der Waals surface area contributed by atoms with Crippen molar-refractivity contribution in [2.45, 2.75) is 0 Å². The fourth-order valence-electron chi connectivity index (χ4n) is 2.38. The smallest absolute Gasteiger partial charge is 0.241 e. The number of nitrogens with two attached hydrogens (primary N) is 2. The zero-order chi connectivity index (χ0) is 16.9. The molecule has 3 rings (SSSR count). The first-order valence-electron chi connectivity index (χ1n) is 7.22. The van der Waals surface area contributed by atoms with Gasteiger partial charge < -0.3 is 11.5 Å². The van der Waals surface area contributed by atoms with Crippen molar-refractivity contribution in [2.75, 3.05) is 5.73 Å². The lowest BCUT2D eigenvalue weighted by molar-refractivity contribution is -0.113. The molecule has 4 N–H and O–H groups in total. The topological polar surface area (TPSA) is 108 Å². The molecule has 0 saturated carbocycles. The second-order valence-corrected chi connectivity index (χ2v) is 5.13. The summed E-state index contributed by atoms with van der Waals surface area (Å²) in [5.41, 5.74) is 15.5. The van der Waals surface area contributed by atoms with E-state index >= 15 is 0 Å². The van der Waals surface area contributed by atoms with Gasteiger partial charge in [0, 0.05) is 30.2 Å². The predicted octanol–water partition coefficient (Wildman–Crippen LogP) is 2.29. The highest BCUT2D eigenvalue weighted by Gasteiger charge is 2.07. The molecule has 0 unspecified atom stereocenters. The summed E-state index contributed by atoms with van der Waals surface area (Å²) in [4.78, 5) is 23.2. The van der Waals surface area contributed by atoms with Gasteiger partial charge in [-0.05, 0) is 46.5 Å². The summed E-state index contributed by atoms with van der Waals surface area (Å²) in [7, 11) is 0. The number of aromatic nitrogens is 3. The Balaban J connectivity index is 2.13. The normalized spacial score (nSPS) is 10.8. The van der Waals surface area contributed by atoms with E-state index in [0.717, 1.165) is 27.8 Å². The SMILES string of the molecule is NC(=O)/C=C/c1cc(-c2cncnc2)ccc1-c1ccnc(N)c1. The summed E-state index contributed by atoms with van der Waals surface area (Å²) in [6, 6.07) is 9.51. The Bertz CT molecular complexity index is 906. The number of anilines is 1. The summed E-state index contributed by atoms with van der Waals surface area (Å²) in [5, 5.41) is 0. The Morgan fingerprint density at radius 2 is 1.79 bits per heavy atom. The molecule has 0 bridgehead atoms. The highest BCUT2D eigenvalue weighted by Crippen LogP contribution is 2.30. The highest BCUT2D eigenvalue weighted by molar-refractivity contribution is 5.92. The molecule has 0 saturated heterocycles. The van der Waals surface area contributed by atoms with Gasteiger partial charge in [0.15, 0.2) is 0 Å². The molecule has 0 aliphatic rings. The van der Waals surface area contributed by atoms with Crippen LogP contribution in [0.2, 0.25) is 0 Å². The van der Waals surface area contributed by atoms with Crippen LogP contribution in [0.4, 0.5) is 5.82 Å². The van der Waals surface area contributed by atoms with Crippen LogP contribution in [0.25, 0.3) is 28.3 Å². The molecular weight excluding hydrogens is 302 g/mol. The summed E-state index contributed by atoms with van der Waals surface area (Å²) in [6.45, 7) is 0. The van der Waals surface area contributed by atoms with E-state index in [2.05, 4.69) is 15.0 Å². The van der Waals surface area contributed by atoms with Crippen molar-refractivity contribution in [1.82, 2.24) is 15.0 Å². The molecule has 24 heavy (non-hydrogen) atoms. The van der Waals surface area contributed by atoms with Gasteiger partial charge in [0.05, 0.1) is 0 Å². The number of carbonyl (C=O) groups is 1. The van der Waals surface area contributed by atoms with E-state index in [1.165, 1.54) is 12.4 Å². The molecule has 3 aromatic rings. The van der Waals surface area contributed by atoms with Gasteiger partial charge in [0.25, 0.3) is 0 Å². The van der Waals surface area contributed by atoms with E-state index in [4.69, 9.17) is 11.5 Å². The fraction of sp³-hybridized carbons (Fsp3) is 0. The van der Waals surface area contributed by atoms with Crippen LogP contribution in [0.15, 0.2) is 61.3 Å². The molecule has 6 heteroatoms. The molecule has 2 aromatic heterocycles. The highest BCUT2D eigenvalue weighted by atomic mass is 16.1. The van der Waals surface area contributed by atoms with E-state index in [0.29, 0.717) is 5.82 Å². The number of hydrogen-bond donors (Lipinski definition) is 2. The van der Waals surface area contributed by atoms with Crippen LogP contribution in [0.1, 0.15) is 5.56 Å². The van der Waals surface area contributed by atoms with Gasteiger partial charge in [-0.1, -0.05) is 12.1 Å². The average Bonchev–Trinajstić information content (AvgIpc) is 2.60. The van der Waals surface area contributed by atoms with Crippen LogP contribution in [0.3, 0.4) is 0 Å². The van der Waals surface area contributed by atoms with E-state index in [-0.39, 0.29) is 0 Å². The first kappa shape index (κ1) is 15.4. The molecule has 0 radical (unpaired) electrons. The third kappa shape index (κ3) is 3.44. The first-order valence-corrected chi connectivity index (χ1v) is 7.22.